The van der Waals surface area contributed by atoms with Gasteiger partial charge in [-0.1, -0.05) is 30.3 Å². The lowest BCUT2D eigenvalue weighted by atomic mass is 9.99. The van der Waals surface area contributed by atoms with Crippen molar-refractivity contribution < 1.29 is 162 Å². The number of phenolic OH excluding ortho intramolecular Hbond substituents is 6. The van der Waals surface area contributed by atoms with Crippen LogP contribution in [-0.2, 0) is 118 Å². The van der Waals surface area contributed by atoms with E-state index >= 15 is 0 Å². The molecule has 8 aliphatic heterocycles. The molecule has 0 saturated carbocycles. The van der Waals surface area contributed by atoms with Crippen molar-refractivity contribution in [3.05, 3.63) is 224 Å². The first kappa shape index (κ1) is 117. The zero-order valence-electron chi connectivity index (χ0n) is 83.9. The van der Waals surface area contributed by atoms with Crippen LogP contribution in [0.25, 0.3) is 0 Å². The fraction of sp³-hybridized carbons (Fsp3) is 0.548. The van der Waals surface area contributed by atoms with Crippen LogP contribution >= 0.6 is 0 Å². The first-order valence-corrected chi connectivity index (χ1v) is 49.0. The Balaban J connectivity index is 0.000000175. The average molecular weight is 2040 g/mol. The lowest BCUT2D eigenvalue weighted by Crippen LogP contribution is -2.59. The zero-order valence-corrected chi connectivity index (χ0v) is 83.9. The quantitative estimate of drug-likeness (QED) is 0.0136. The van der Waals surface area contributed by atoms with Gasteiger partial charge in [0.05, 0.1) is 145 Å². The fourth-order valence-corrected chi connectivity index (χ4v) is 16.7. The highest BCUT2D eigenvalue weighted by Crippen LogP contribution is 2.42. The summed E-state index contributed by atoms with van der Waals surface area (Å²) in [4.78, 5) is 23.5. The molecule has 4 unspecified atom stereocenters. The van der Waals surface area contributed by atoms with Gasteiger partial charge in [0.1, 0.15) is 60.3 Å². The number of aryl methyl sites for hydroxylation is 6. The Morgan fingerprint density at radius 3 is 1.28 bits per heavy atom. The van der Waals surface area contributed by atoms with Crippen LogP contribution in [-0.4, -0.2) is 327 Å². The fourth-order valence-electron chi connectivity index (χ4n) is 16.7. The van der Waals surface area contributed by atoms with Gasteiger partial charge in [0, 0.05) is 101 Å². The van der Waals surface area contributed by atoms with Gasteiger partial charge < -0.3 is 157 Å². The topological polar surface area (TPSA) is 547 Å². The van der Waals surface area contributed by atoms with E-state index in [1.807, 2.05) is 88.6 Å². The monoisotopic (exact) mass is 2040 g/mol. The van der Waals surface area contributed by atoms with E-state index in [1.54, 1.807) is 74.7 Å². The maximum absolute atomic E-state index is 10.7. The molecule has 8 aliphatic rings. The van der Waals surface area contributed by atoms with Crippen LogP contribution in [0.15, 0.2) is 146 Å². The number of unbranched alkanes of at least 4 members (excludes halogenated alkanes) is 4. The highest BCUT2D eigenvalue weighted by Gasteiger charge is 2.47. The molecule has 41 heteroatoms. The third kappa shape index (κ3) is 34.7. The van der Waals surface area contributed by atoms with Crippen LogP contribution in [0.2, 0.25) is 0 Å². The molecule has 8 fully saturated rings. The smallest absolute Gasteiger partial charge is 0.312 e. The normalized spacial score (nSPS) is 20.7. The minimum atomic E-state index is -1.51. The molecule has 16 rings (SSSR count). The van der Waals surface area contributed by atoms with Crippen molar-refractivity contribution in [3.8, 4) is 46.0 Å². The lowest BCUT2D eigenvalue weighted by molar-refractivity contribution is -0.352. The van der Waals surface area contributed by atoms with Gasteiger partial charge in [-0.25, -0.2) is 9.97 Å². The van der Waals surface area contributed by atoms with E-state index in [4.69, 9.17) is 106 Å². The third-order valence-electron chi connectivity index (χ3n) is 24.5. The molecule has 41 nitrogen and oxygen atoms in total. The number of nitrogens with one attached hydrogen (secondary N) is 4. The van der Waals surface area contributed by atoms with Gasteiger partial charge in [-0.3, -0.25) is 35.9 Å². The van der Waals surface area contributed by atoms with Gasteiger partial charge in [-0.15, -0.1) is 0 Å². The highest BCUT2D eigenvalue weighted by atomic mass is 16.9. The lowest BCUT2D eigenvalue weighted by Gasteiger charge is -2.39. The van der Waals surface area contributed by atoms with E-state index in [1.165, 1.54) is 43.6 Å². The van der Waals surface area contributed by atoms with Crippen molar-refractivity contribution in [1.82, 2.24) is 41.0 Å². The number of aliphatic hydroxyl groups is 8. The number of phenols is 6. The average Bonchev–Trinajstić information content (AvgIpc) is 1.70. The summed E-state index contributed by atoms with van der Waals surface area (Å²) in [6.07, 6.45) is 7.00. The Morgan fingerprint density at radius 2 is 0.828 bits per heavy atom. The summed E-state index contributed by atoms with van der Waals surface area (Å²) in [6.45, 7) is 23.6. The van der Waals surface area contributed by atoms with Crippen LogP contribution in [0.4, 0.5) is 0 Å². The number of ether oxygens (including phenoxy) is 18. The van der Waals surface area contributed by atoms with E-state index in [-0.39, 0.29) is 106 Å². The van der Waals surface area contributed by atoms with E-state index < -0.39 is 61.2 Å². The largest absolute Gasteiger partial charge is 0.508 e. The Kier molecular flexibility index (Phi) is 49.1. The predicted octanol–water partition coefficient (Wildman–Crippen LogP) is 6.92. The van der Waals surface area contributed by atoms with E-state index in [0.717, 1.165) is 154 Å². The number of esters is 1. The number of nitrogens with zero attached hydrogens (tertiary/aromatic N) is 4. The number of carbonyl (C=O) groups is 1. The molecule has 7 atom stereocenters. The molecule has 18 N–H and O–H groups in total. The third-order valence-corrected chi connectivity index (χ3v) is 24.5. The van der Waals surface area contributed by atoms with E-state index in [2.05, 4.69) is 47.1 Å². The van der Waals surface area contributed by atoms with Crippen molar-refractivity contribution in [2.45, 2.75) is 173 Å². The molecule has 0 aliphatic carbocycles. The second-order valence-corrected chi connectivity index (χ2v) is 34.9. The summed E-state index contributed by atoms with van der Waals surface area (Å²) in [7, 11) is 3.01. The van der Waals surface area contributed by atoms with Crippen molar-refractivity contribution >= 4 is 5.97 Å². The number of benzene rings is 7. The molecule has 8 aromatic rings. The van der Waals surface area contributed by atoms with Crippen LogP contribution in [0, 0.1) is 34.6 Å². The Bertz CT molecular complexity index is 5110. The molecule has 0 bridgehead atoms. The number of aromatic nitrogens is 2. The van der Waals surface area contributed by atoms with Gasteiger partial charge in [-0.2, -0.15) is 0 Å². The van der Waals surface area contributed by atoms with Gasteiger partial charge in [0.15, 0.2) is 29.3 Å². The van der Waals surface area contributed by atoms with Crippen molar-refractivity contribution in [3.63, 3.8) is 0 Å². The van der Waals surface area contributed by atoms with Crippen LogP contribution in [0.3, 0.4) is 0 Å². The van der Waals surface area contributed by atoms with Gasteiger partial charge in [0.25, 0.3) is 0 Å². The van der Waals surface area contributed by atoms with Crippen LogP contribution < -0.4 is 30.7 Å². The summed E-state index contributed by atoms with van der Waals surface area (Å²) in [5.74, 6) is -3.56. The highest BCUT2D eigenvalue weighted by molar-refractivity contribution is 5.65. The number of methoxy groups -OCH3 is 2. The molecular formula is C104H148N8O33. The maximum Gasteiger partial charge on any atom is 0.312 e. The number of carbonyl (C=O) groups excluding carboxylic acids is 1. The molecule has 1 aromatic heterocycles. The molecule has 145 heavy (non-hydrogen) atoms. The molecule has 802 valence electrons. The first-order chi connectivity index (χ1) is 70.1. The summed E-state index contributed by atoms with van der Waals surface area (Å²) < 4.78 is 98.9. The number of aromatic hydroxyl groups is 6. The van der Waals surface area contributed by atoms with Gasteiger partial charge in [-0.05, 0) is 252 Å². The van der Waals surface area contributed by atoms with Gasteiger partial charge in [0.2, 0.25) is 0 Å². The van der Waals surface area contributed by atoms with Crippen LogP contribution in [0.5, 0.6) is 46.0 Å². The maximum atomic E-state index is 10.7. The van der Waals surface area contributed by atoms with Gasteiger partial charge >= 0.3 is 29.9 Å². The standard InChI is InChI=1S/C19H24N2O5.C18H26O10.C15H24N2O3.C15H24N2O2.C14H18O7.C13H18O5.C10H14N2O/c1-15-11-17(4-5-18(15)22)19(25-9-10-26-19)24-8-7-23-6-2-3-16-12-20-14-21-13-16;1-10-8-11(2-3-12(10)20)18(26-6-7-27-18)25-5-4-24-17-16(23)15(22)14(21)13(9-19)28-17;1-20-14-11-12(5-6-13(14)19)15-16-7-9-17(15)8-3-2-4-10-18;1-12-11-13(5-6-14(12)19)15-16-7-9-17(15)8-3-2-4-10-18;1-10(15)18-5-6-19-14(20-7-8-21-14)11-3-4-12(16)13(9-11)17-2;1-10-8-12(3-2-11(10)9-15)13(16-5-4-14)17-6-7-18-13;1-7-6-8(2-3-9(7)13)10-11-4-5-12-10/h4-5,11-14,22H,2-3,6-10H2,1H3;2-3,8,13-17,19-23H,4-7,9H2,1H3;5-6,11,15-16,18-19H,2-4,7-10H2,1H3;5-6,11,15-16,18-19H,2-4,7-10H2,1H3;3-4,9,16H,5-8H2,1-2H3;2-3,8,14-15H,4-7,9H2,1H3;2-3,6,10-13H,4-5H2,1H3/t;13?,14-,15?,16-,17+;;;;;/m.1...../s1. The van der Waals surface area contributed by atoms with Crippen molar-refractivity contribution in [1.29, 1.82) is 0 Å². The van der Waals surface area contributed by atoms with E-state index in [0.29, 0.717) is 113 Å². The number of rotatable bonds is 41. The zero-order chi connectivity index (χ0) is 104. The summed E-state index contributed by atoms with van der Waals surface area (Å²) in [5, 5.41) is 146. The summed E-state index contributed by atoms with van der Waals surface area (Å²) in [6, 6.07) is 37.2. The number of hydrogen-bond acceptors (Lipinski definition) is 41. The molecular weight excluding hydrogens is 1890 g/mol. The summed E-state index contributed by atoms with van der Waals surface area (Å²) >= 11 is 0. The molecule has 7 aromatic carbocycles. The van der Waals surface area contributed by atoms with Crippen LogP contribution in [0.1, 0.15) is 148 Å². The Hall–Kier alpha value is -9.67. The molecule has 8 saturated heterocycles. The number of hydrogen-bond donors (Lipinski definition) is 18. The van der Waals surface area contributed by atoms with Crippen molar-refractivity contribution in [2.24, 2.45) is 0 Å². The predicted molar refractivity (Wildman–Crippen MR) is 526 cm³/mol. The molecule has 0 spiro atoms. The Morgan fingerprint density at radius 1 is 0.414 bits per heavy atom. The minimum absolute atomic E-state index is 0.00166. The summed E-state index contributed by atoms with van der Waals surface area (Å²) in [5.41, 5.74) is 12.2. The second kappa shape index (κ2) is 60.7. The van der Waals surface area contributed by atoms with Crippen molar-refractivity contribution in [2.75, 3.05) is 199 Å². The number of aliphatic hydroxyl groups excluding tert-OH is 8. The first-order valence-electron chi connectivity index (χ1n) is 49.0. The molecule has 0 amide bonds. The SMILES string of the molecule is COc1cc(C2(OCCOC(C)=O)OCCO2)ccc1O.COc1cc(C2NCCN2CCCCCO)ccc1O.Cc1cc(C2(OCCO)OCCO2)ccc1CO.Cc1cc(C2(OCCOCCCc3cncnc3)OCCO2)ccc1O.Cc1cc(C2(OCCO[C@H]3OC(CO)[C@@H](O)C(O)[C@H]3O)OCCO2)ccc1O.Cc1cc(C2NCCN2)ccc1O.Cc1cc(C2NCCN2CCCCCO)ccc1O. The van der Waals surface area contributed by atoms with E-state index in [9.17, 15) is 55.9 Å². The molecule has 0 radical (unpaired) electrons. The Labute approximate surface area is 845 Å². The second-order valence-electron chi connectivity index (χ2n) is 34.9. The minimum Gasteiger partial charge on any atom is -0.508 e. The molecule has 9 heterocycles.